The molecule has 2 aromatic carbocycles. The smallest absolute Gasteiger partial charge is 0.372 e. The van der Waals surface area contributed by atoms with Crippen LogP contribution >= 0.6 is 0 Å². The minimum absolute atomic E-state index is 0.200. The first-order chi connectivity index (χ1) is 15.8. The van der Waals surface area contributed by atoms with Crippen LogP contribution in [0.5, 0.6) is 0 Å². The molecule has 1 amide bonds. The van der Waals surface area contributed by atoms with E-state index < -0.39 is 23.2 Å². The fourth-order valence-electron chi connectivity index (χ4n) is 3.79. The zero-order chi connectivity index (χ0) is 23.4. The van der Waals surface area contributed by atoms with Crippen LogP contribution in [0.1, 0.15) is 24.8 Å². The Labute approximate surface area is 188 Å². The molecule has 0 spiro atoms. The summed E-state index contributed by atoms with van der Waals surface area (Å²) in [6.45, 7) is 1.71. The van der Waals surface area contributed by atoms with Crippen LogP contribution in [0.2, 0.25) is 0 Å². The number of piperidine rings is 1. The molecule has 0 saturated carbocycles. The first kappa shape index (κ1) is 22.6. The molecule has 172 valence electrons. The molecule has 3 aromatic rings. The molecule has 1 fully saturated rings. The fourth-order valence-corrected chi connectivity index (χ4v) is 3.79. The van der Waals surface area contributed by atoms with Crippen LogP contribution in [-0.4, -0.2) is 28.8 Å². The van der Waals surface area contributed by atoms with Crippen molar-refractivity contribution in [2.45, 2.75) is 32.0 Å². The first-order valence-electron chi connectivity index (χ1n) is 10.7. The van der Waals surface area contributed by atoms with Gasteiger partial charge in [-0.1, -0.05) is 12.1 Å². The number of halogens is 3. The summed E-state index contributed by atoms with van der Waals surface area (Å²) in [6.07, 6.45) is -0.829. The van der Waals surface area contributed by atoms with E-state index in [1.54, 1.807) is 6.07 Å². The Morgan fingerprint density at radius 1 is 0.909 bits per heavy atom. The molecule has 6 nitrogen and oxygen atoms in total. The number of nitrogens with one attached hydrogen (secondary N) is 1. The zero-order valence-corrected chi connectivity index (χ0v) is 17.8. The lowest BCUT2D eigenvalue weighted by atomic mass is 10.1. The summed E-state index contributed by atoms with van der Waals surface area (Å²) in [7, 11) is 0. The molecule has 1 N–H and O–H groups in total. The number of nitrogens with zero attached hydrogens (tertiary/aromatic N) is 3. The number of carbonyl (C=O) groups excluding carboxylic acids is 1. The summed E-state index contributed by atoms with van der Waals surface area (Å²) in [4.78, 5) is 26.9. The van der Waals surface area contributed by atoms with E-state index in [2.05, 4.69) is 15.3 Å². The number of carbonyl (C=O) groups is 1. The number of anilines is 2. The van der Waals surface area contributed by atoms with Gasteiger partial charge in [0, 0.05) is 36.1 Å². The van der Waals surface area contributed by atoms with Crippen molar-refractivity contribution < 1.29 is 18.0 Å². The average Bonchev–Trinajstić information content (AvgIpc) is 2.81. The molecule has 0 unspecified atom stereocenters. The lowest BCUT2D eigenvalue weighted by molar-refractivity contribution is -0.137. The molecule has 33 heavy (non-hydrogen) atoms. The lowest BCUT2D eigenvalue weighted by Gasteiger charge is -2.28. The number of hydrogen-bond donors (Lipinski definition) is 1. The molecule has 1 aromatic heterocycles. The predicted octanol–water partition coefficient (Wildman–Crippen LogP) is 4.56. The van der Waals surface area contributed by atoms with Crippen molar-refractivity contribution in [2.24, 2.45) is 0 Å². The summed E-state index contributed by atoms with van der Waals surface area (Å²) in [5.41, 5.74) is 1.44. The summed E-state index contributed by atoms with van der Waals surface area (Å²) in [6, 6.07) is 14.9. The lowest BCUT2D eigenvalue weighted by Crippen LogP contribution is -2.29. The van der Waals surface area contributed by atoms with Gasteiger partial charge in [0.1, 0.15) is 6.54 Å². The molecule has 0 aliphatic carbocycles. The topological polar surface area (TPSA) is 67.2 Å². The monoisotopic (exact) mass is 456 g/mol. The van der Waals surface area contributed by atoms with Crippen LogP contribution in [0, 0.1) is 0 Å². The fraction of sp³-hybridized carbons (Fsp3) is 0.292. The van der Waals surface area contributed by atoms with Crippen molar-refractivity contribution in [1.82, 2.24) is 9.78 Å². The molecule has 0 bridgehead atoms. The van der Waals surface area contributed by atoms with Crippen LogP contribution in [0.25, 0.3) is 11.3 Å². The van der Waals surface area contributed by atoms with E-state index in [1.165, 1.54) is 25.3 Å². The van der Waals surface area contributed by atoms with Crippen molar-refractivity contribution >= 4 is 17.3 Å². The number of alkyl halides is 3. The standard InChI is InChI=1S/C24H23F3N4O2/c25-24(26,27)18-6-8-19(9-7-18)28-22(32)16-31-23(33)13-12-21(29-31)17-4-10-20(11-5-17)30-14-2-1-3-15-30/h4-13H,1-3,14-16H2,(H,28,32). The van der Waals surface area contributed by atoms with Crippen molar-refractivity contribution in [3.63, 3.8) is 0 Å². The minimum atomic E-state index is -4.45. The molecule has 1 saturated heterocycles. The van der Waals surface area contributed by atoms with Crippen LogP contribution in [0.15, 0.2) is 65.5 Å². The maximum atomic E-state index is 12.7. The van der Waals surface area contributed by atoms with Crippen LogP contribution < -0.4 is 15.8 Å². The second-order valence-corrected chi connectivity index (χ2v) is 7.93. The quantitative estimate of drug-likeness (QED) is 0.611. The van der Waals surface area contributed by atoms with Crippen molar-refractivity contribution in [1.29, 1.82) is 0 Å². The molecular weight excluding hydrogens is 433 g/mol. The van der Waals surface area contributed by atoms with Crippen LogP contribution in [0.4, 0.5) is 24.5 Å². The Balaban J connectivity index is 1.44. The minimum Gasteiger partial charge on any atom is -0.372 e. The Morgan fingerprint density at radius 3 is 2.21 bits per heavy atom. The SMILES string of the molecule is O=C(Cn1nc(-c2ccc(N3CCCCC3)cc2)ccc1=O)Nc1ccc(C(F)(F)F)cc1. The highest BCUT2D eigenvalue weighted by Gasteiger charge is 2.30. The van der Waals surface area contributed by atoms with Gasteiger partial charge in [-0.05, 0) is 61.7 Å². The van der Waals surface area contributed by atoms with Gasteiger partial charge < -0.3 is 10.2 Å². The normalized spacial score (nSPS) is 14.2. The maximum absolute atomic E-state index is 12.7. The van der Waals surface area contributed by atoms with Crippen molar-refractivity contribution in [3.05, 3.63) is 76.6 Å². The highest BCUT2D eigenvalue weighted by Crippen LogP contribution is 2.30. The number of aromatic nitrogens is 2. The van der Waals surface area contributed by atoms with Gasteiger partial charge in [-0.3, -0.25) is 9.59 Å². The van der Waals surface area contributed by atoms with E-state index in [1.807, 2.05) is 24.3 Å². The third-order valence-electron chi connectivity index (χ3n) is 5.54. The third kappa shape index (κ3) is 5.60. The first-order valence-corrected chi connectivity index (χ1v) is 10.7. The summed E-state index contributed by atoms with van der Waals surface area (Å²) in [5.74, 6) is -0.568. The van der Waals surface area contributed by atoms with E-state index in [4.69, 9.17) is 0 Å². The van der Waals surface area contributed by atoms with Gasteiger partial charge in [0.15, 0.2) is 0 Å². The van der Waals surface area contributed by atoms with E-state index in [-0.39, 0.29) is 12.2 Å². The Hall–Kier alpha value is -3.62. The number of hydrogen-bond acceptors (Lipinski definition) is 4. The second kappa shape index (κ2) is 9.48. The predicted molar refractivity (Wildman–Crippen MR) is 120 cm³/mol. The second-order valence-electron chi connectivity index (χ2n) is 7.93. The largest absolute Gasteiger partial charge is 0.416 e. The van der Waals surface area contributed by atoms with Crippen molar-refractivity contribution in [2.75, 3.05) is 23.3 Å². The summed E-state index contributed by atoms with van der Waals surface area (Å²) >= 11 is 0. The van der Waals surface area contributed by atoms with Gasteiger partial charge in [0.2, 0.25) is 5.91 Å². The zero-order valence-electron chi connectivity index (χ0n) is 17.8. The molecular formula is C24H23F3N4O2. The van der Waals surface area contributed by atoms with Crippen LogP contribution in [0.3, 0.4) is 0 Å². The van der Waals surface area contributed by atoms with E-state index in [0.717, 1.165) is 53.3 Å². The Bertz CT molecular complexity index is 1170. The summed E-state index contributed by atoms with van der Waals surface area (Å²) < 4.78 is 39.1. The highest BCUT2D eigenvalue weighted by molar-refractivity contribution is 5.90. The summed E-state index contributed by atoms with van der Waals surface area (Å²) in [5, 5.41) is 6.78. The number of rotatable bonds is 5. The van der Waals surface area contributed by atoms with E-state index >= 15 is 0 Å². The van der Waals surface area contributed by atoms with Crippen LogP contribution in [-0.2, 0) is 17.5 Å². The Kier molecular flexibility index (Phi) is 6.48. The molecule has 0 atom stereocenters. The van der Waals surface area contributed by atoms with Gasteiger partial charge >= 0.3 is 6.18 Å². The van der Waals surface area contributed by atoms with Gasteiger partial charge in [0.05, 0.1) is 11.3 Å². The molecule has 2 heterocycles. The highest BCUT2D eigenvalue weighted by atomic mass is 19.4. The number of benzene rings is 2. The van der Waals surface area contributed by atoms with Gasteiger partial charge in [0.25, 0.3) is 5.56 Å². The maximum Gasteiger partial charge on any atom is 0.416 e. The van der Waals surface area contributed by atoms with Crippen molar-refractivity contribution in [3.8, 4) is 11.3 Å². The van der Waals surface area contributed by atoms with Gasteiger partial charge in [-0.25, -0.2) is 4.68 Å². The molecule has 1 aliphatic heterocycles. The molecule has 4 rings (SSSR count). The van der Waals surface area contributed by atoms with E-state index in [0.29, 0.717) is 5.69 Å². The third-order valence-corrected chi connectivity index (χ3v) is 5.54. The van der Waals surface area contributed by atoms with Gasteiger partial charge in [-0.15, -0.1) is 0 Å². The average molecular weight is 456 g/mol. The molecule has 9 heteroatoms. The Morgan fingerprint density at radius 2 is 1.58 bits per heavy atom. The number of amides is 1. The molecule has 0 radical (unpaired) electrons. The van der Waals surface area contributed by atoms with Gasteiger partial charge in [-0.2, -0.15) is 18.3 Å². The molecule has 1 aliphatic rings. The van der Waals surface area contributed by atoms with E-state index in [9.17, 15) is 22.8 Å².